The Hall–Kier alpha value is -4.47. The highest BCUT2D eigenvalue weighted by atomic mass is 16.3. The van der Waals surface area contributed by atoms with Gasteiger partial charge in [-0.05, 0) is 36.4 Å². The van der Waals surface area contributed by atoms with Crippen molar-refractivity contribution in [3.8, 4) is 0 Å². The molecule has 0 aliphatic rings. The topological polar surface area (TPSA) is 149 Å². The Labute approximate surface area is 174 Å². The van der Waals surface area contributed by atoms with Crippen molar-refractivity contribution in [2.24, 2.45) is 5.73 Å². The Bertz CT molecular complexity index is 1370. The highest BCUT2D eigenvalue weighted by Crippen LogP contribution is 2.24. The zero-order chi connectivity index (χ0) is 22.0. The maximum atomic E-state index is 12.7. The number of nitrogens with two attached hydrogens (primary N) is 1. The van der Waals surface area contributed by atoms with Gasteiger partial charge in [0.05, 0.1) is 12.9 Å². The summed E-state index contributed by atoms with van der Waals surface area (Å²) < 4.78 is 6.76. The van der Waals surface area contributed by atoms with Gasteiger partial charge >= 0.3 is 0 Å². The third kappa shape index (κ3) is 4.13. The number of benzene rings is 2. The number of aromatic nitrogens is 2. The number of primary amides is 1. The first-order chi connectivity index (χ1) is 14.9. The number of carbonyl (C=O) groups is 3. The van der Waals surface area contributed by atoms with Gasteiger partial charge in [0, 0.05) is 16.6 Å². The first kappa shape index (κ1) is 19.8. The van der Waals surface area contributed by atoms with Crippen LogP contribution in [0.3, 0.4) is 0 Å². The van der Waals surface area contributed by atoms with Crippen LogP contribution >= 0.6 is 0 Å². The SMILES string of the molecule is NC(=O)CNC(=O)c1ccc(NC(=O)Cn2cnc3c(oc4ccccc43)c2=O)cc1. The number of carbonyl (C=O) groups excluding carboxylic acids is 3. The van der Waals surface area contributed by atoms with Crippen molar-refractivity contribution in [1.82, 2.24) is 14.9 Å². The van der Waals surface area contributed by atoms with Crippen molar-refractivity contribution in [2.45, 2.75) is 6.54 Å². The standard InChI is InChI=1S/C21H17N5O5/c22-16(27)9-23-20(29)12-5-7-13(8-6-12)25-17(28)10-26-11-24-18-14-3-1-2-4-15(14)31-19(18)21(26)30/h1-8,11H,9-10H2,(H2,22,27)(H,23,29)(H,25,28). The van der Waals surface area contributed by atoms with E-state index in [1.54, 1.807) is 12.1 Å². The van der Waals surface area contributed by atoms with E-state index in [1.165, 1.54) is 30.6 Å². The van der Waals surface area contributed by atoms with Crippen LogP contribution < -0.4 is 21.9 Å². The third-order valence-corrected chi connectivity index (χ3v) is 4.52. The van der Waals surface area contributed by atoms with Crippen LogP contribution in [0.15, 0.2) is 64.1 Å². The summed E-state index contributed by atoms with van der Waals surface area (Å²) in [6, 6.07) is 13.2. The van der Waals surface area contributed by atoms with Crippen LogP contribution in [-0.4, -0.2) is 33.8 Å². The Balaban J connectivity index is 1.46. The van der Waals surface area contributed by atoms with Crippen molar-refractivity contribution in [3.63, 3.8) is 0 Å². The molecule has 156 valence electrons. The lowest BCUT2D eigenvalue weighted by Crippen LogP contribution is -2.33. The number of amides is 3. The molecule has 4 N–H and O–H groups in total. The van der Waals surface area contributed by atoms with Gasteiger partial charge in [-0.1, -0.05) is 12.1 Å². The Kier molecular flexibility index (Phi) is 5.19. The molecule has 2 aromatic carbocycles. The quantitative estimate of drug-likeness (QED) is 0.424. The summed E-state index contributed by atoms with van der Waals surface area (Å²) in [6.07, 6.45) is 1.30. The van der Waals surface area contributed by atoms with Crippen LogP contribution in [0.2, 0.25) is 0 Å². The fourth-order valence-corrected chi connectivity index (χ4v) is 3.06. The molecule has 0 bridgehead atoms. The molecule has 0 unspecified atom stereocenters. The lowest BCUT2D eigenvalue weighted by atomic mass is 10.2. The highest BCUT2D eigenvalue weighted by molar-refractivity contribution is 6.02. The van der Waals surface area contributed by atoms with Crippen LogP contribution in [0.5, 0.6) is 0 Å². The highest BCUT2D eigenvalue weighted by Gasteiger charge is 2.15. The van der Waals surface area contributed by atoms with E-state index in [4.69, 9.17) is 10.2 Å². The summed E-state index contributed by atoms with van der Waals surface area (Å²) in [5.74, 6) is -1.57. The van der Waals surface area contributed by atoms with Gasteiger partial charge in [0.2, 0.25) is 17.4 Å². The van der Waals surface area contributed by atoms with Crippen LogP contribution in [0, 0.1) is 0 Å². The van der Waals surface area contributed by atoms with Gasteiger partial charge in [-0.2, -0.15) is 0 Å². The van der Waals surface area contributed by atoms with Gasteiger partial charge in [0.15, 0.2) is 0 Å². The normalized spacial score (nSPS) is 10.8. The molecule has 4 rings (SSSR count). The molecule has 0 spiro atoms. The molecule has 0 saturated carbocycles. The van der Waals surface area contributed by atoms with Gasteiger partial charge in [-0.25, -0.2) is 4.98 Å². The maximum Gasteiger partial charge on any atom is 0.297 e. The molecule has 0 saturated heterocycles. The molecule has 10 nitrogen and oxygen atoms in total. The smallest absolute Gasteiger partial charge is 0.297 e. The fraction of sp³-hybridized carbons (Fsp3) is 0.0952. The van der Waals surface area contributed by atoms with Crippen molar-refractivity contribution in [2.75, 3.05) is 11.9 Å². The molecule has 4 aromatic rings. The van der Waals surface area contributed by atoms with E-state index in [-0.39, 0.29) is 18.7 Å². The zero-order valence-electron chi connectivity index (χ0n) is 16.1. The monoisotopic (exact) mass is 419 g/mol. The summed E-state index contributed by atoms with van der Waals surface area (Å²) in [6.45, 7) is -0.532. The second kappa shape index (κ2) is 8.11. The van der Waals surface area contributed by atoms with E-state index >= 15 is 0 Å². The van der Waals surface area contributed by atoms with Crippen molar-refractivity contribution >= 4 is 45.5 Å². The average Bonchev–Trinajstić information content (AvgIpc) is 3.14. The number of nitrogens with zero attached hydrogens (tertiary/aromatic N) is 2. The van der Waals surface area contributed by atoms with Gasteiger partial charge in [-0.15, -0.1) is 0 Å². The first-order valence-electron chi connectivity index (χ1n) is 9.25. The summed E-state index contributed by atoms with van der Waals surface area (Å²) in [5, 5.41) is 5.74. The number of rotatable bonds is 6. The van der Waals surface area contributed by atoms with Crippen LogP contribution in [-0.2, 0) is 16.1 Å². The maximum absolute atomic E-state index is 12.7. The second-order valence-corrected chi connectivity index (χ2v) is 6.73. The number of nitrogens with one attached hydrogen (secondary N) is 2. The van der Waals surface area contributed by atoms with Crippen molar-refractivity contribution in [3.05, 3.63) is 70.8 Å². The molecule has 0 fully saturated rings. The van der Waals surface area contributed by atoms with E-state index in [1.807, 2.05) is 12.1 Å². The molecule has 2 aromatic heterocycles. The van der Waals surface area contributed by atoms with Crippen molar-refractivity contribution < 1.29 is 18.8 Å². The van der Waals surface area contributed by atoms with E-state index in [0.717, 1.165) is 9.95 Å². The summed E-state index contributed by atoms with van der Waals surface area (Å²) in [7, 11) is 0. The number of para-hydroxylation sites is 1. The Morgan fingerprint density at radius 2 is 1.81 bits per heavy atom. The van der Waals surface area contributed by atoms with E-state index in [0.29, 0.717) is 22.4 Å². The molecular formula is C21H17N5O5. The largest absolute Gasteiger partial charge is 0.448 e. The lowest BCUT2D eigenvalue weighted by Gasteiger charge is -2.08. The molecular weight excluding hydrogens is 402 g/mol. The first-order valence-corrected chi connectivity index (χ1v) is 9.25. The summed E-state index contributed by atoms with van der Waals surface area (Å²) in [4.78, 5) is 51.9. The minimum absolute atomic E-state index is 0.0860. The Morgan fingerprint density at radius 3 is 2.55 bits per heavy atom. The third-order valence-electron chi connectivity index (χ3n) is 4.52. The molecule has 10 heteroatoms. The van der Waals surface area contributed by atoms with Gasteiger partial charge in [-0.3, -0.25) is 23.7 Å². The van der Waals surface area contributed by atoms with Crippen LogP contribution in [0.25, 0.3) is 22.1 Å². The van der Waals surface area contributed by atoms with Crippen LogP contribution in [0.1, 0.15) is 10.4 Å². The van der Waals surface area contributed by atoms with E-state index in [2.05, 4.69) is 15.6 Å². The van der Waals surface area contributed by atoms with Crippen LogP contribution in [0.4, 0.5) is 5.69 Å². The number of fused-ring (bicyclic) bond motifs is 3. The lowest BCUT2D eigenvalue weighted by molar-refractivity contribution is -0.117. The van der Waals surface area contributed by atoms with Gasteiger partial charge in [0.1, 0.15) is 17.6 Å². The number of hydrogen-bond acceptors (Lipinski definition) is 6. The molecule has 31 heavy (non-hydrogen) atoms. The number of hydrogen-bond donors (Lipinski definition) is 3. The van der Waals surface area contributed by atoms with Gasteiger partial charge in [0.25, 0.3) is 11.5 Å². The zero-order valence-corrected chi connectivity index (χ0v) is 16.1. The predicted octanol–water partition coefficient (Wildman–Crippen LogP) is 0.996. The van der Waals surface area contributed by atoms with Crippen molar-refractivity contribution in [1.29, 1.82) is 0 Å². The molecule has 0 atom stereocenters. The predicted molar refractivity (Wildman–Crippen MR) is 112 cm³/mol. The number of furan rings is 1. The molecule has 0 aliphatic heterocycles. The molecule has 3 amide bonds. The average molecular weight is 419 g/mol. The number of anilines is 1. The molecule has 0 radical (unpaired) electrons. The van der Waals surface area contributed by atoms with E-state index < -0.39 is 23.3 Å². The fourth-order valence-electron chi connectivity index (χ4n) is 3.06. The molecule has 0 aliphatic carbocycles. The minimum Gasteiger partial charge on any atom is -0.448 e. The van der Waals surface area contributed by atoms with Gasteiger partial charge < -0.3 is 20.8 Å². The summed E-state index contributed by atoms with van der Waals surface area (Å²) in [5.41, 5.74) is 6.34. The minimum atomic E-state index is -0.650. The molecule has 2 heterocycles. The summed E-state index contributed by atoms with van der Waals surface area (Å²) >= 11 is 0. The second-order valence-electron chi connectivity index (χ2n) is 6.73. The Morgan fingerprint density at radius 1 is 1.06 bits per heavy atom. The van der Waals surface area contributed by atoms with E-state index in [9.17, 15) is 19.2 Å².